The third-order valence-electron chi connectivity index (χ3n) is 5.80. The van der Waals surface area contributed by atoms with E-state index in [1.165, 1.54) is 0 Å². The van der Waals surface area contributed by atoms with Crippen LogP contribution in [0, 0.1) is 0 Å². The van der Waals surface area contributed by atoms with E-state index >= 15 is 0 Å². The number of benzene rings is 3. The zero-order valence-corrected chi connectivity index (χ0v) is 24.6. The fraction of sp³-hybridized carbons (Fsp3) is 0.379. The van der Waals surface area contributed by atoms with E-state index < -0.39 is 0 Å². The van der Waals surface area contributed by atoms with Crippen LogP contribution in [0.5, 0.6) is 17.2 Å². The lowest BCUT2D eigenvalue weighted by molar-refractivity contribution is -0.0819. The number of methoxy groups -OCH3 is 3. The lowest BCUT2D eigenvalue weighted by atomic mass is 10.1. The summed E-state index contributed by atoms with van der Waals surface area (Å²) in [6.07, 6.45) is -0.482. The molecule has 3 aromatic rings. The first kappa shape index (κ1) is 29.5. The van der Waals surface area contributed by atoms with Gasteiger partial charge in [-0.05, 0) is 53.1 Å². The minimum Gasteiger partial charge on any atom is -0.497 e. The van der Waals surface area contributed by atoms with Gasteiger partial charge < -0.3 is 28.4 Å². The number of hydrogen-bond donors (Lipinski definition) is 0. The molecule has 0 bridgehead atoms. The van der Waals surface area contributed by atoms with Gasteiger partial charge in [0.1, 0.15) is 17.2 Å². The van der Waals surface area contributed by atoms with E-state index in [0.717, 1.165) is 33.9 Å². The van der Waals surface area contributed by atoms with Crippen LogP contribution in [0.1, 0.15) is 16.7 Å². The van der Waals surface area contributed by atoms with Crippen molar-refractivity contribution in [3.63, 3.8) is 0 Å². The Labute approximate surface area is 236 Å². The van der Waals surface area contributed by atoms with Crippen molar-refractivity contribution in [2.75, 3.05) is 33.3 Å². The number of rotatable bonds is 16. The molecule has 3 rings (SSSR count). The predicted octanol–water partition coefficient (Wildman–Crippen LogP) is 6.56. The highest BCUT2D eigenvalue weighted by molar-refractivity contribution is 9.09. The van der Waals surface area contributed by atoms with Gasteiger partial charge in [-0.3, -0.25) is 0 Å². The lowest BCUT2D eigenvalue weighted by Gasteiger charge is -2.30. The van der Waals surface area contributed by atoms with E-state index in [4.69, 9.17) is 28.4 Å². The first-order valence-electron chi connectivity index (χ1n) is 12.0. The maximum absolute atomic E-state index is 6.42. The molecule has 0 saturated carbocycles. The molecule has 37 heavy (non-hydrogen) atoms. The molecule has 3 aromatic carbocycles. The smallest absolute Gasteiger partial charge is 0.118 e. The van der Waals surface area contributed by atoms with Gasteiger partial charge in [0, 0.05) is 5.33 Å². The molecule has 0 spiro atoms. The van der Waals surface area contributed by atoms with Crippen molar-refractivity contribution in [3.8, 4) is 17.2 Å². The molecule has 0 aromatic heterocycles. The Bertz CT molecular complexity index is 1030. The first-order chi connectivity index (χ1) is 18.1. The summed E-state index contributed by atoms with van der Waals surface area (Å²) >= 11 is 7.45. The van der Waals surface area contributed by atoms with Crippen LogP contribution in [0.15, 0.2) is 72.8 Å². The normalized spacial score (nSPS) is 13.5. The Morgan fingerprint density at radius 1 is 0.595 bits per heavy atom. The minimum absolute atomic E-state index is 0.0950. The summed E-state index contributed by atoms with van der Waals surface area (Å²) in [5.41, 5.74) is 3.18. The summed E-state index contributed by atoms with van der Waals surface area (Å²) in [7, 11) is 4.97. The fourth-order valence-corrected chi connectivity index (χ4v) is 4.85. The standard InChI is InChI=1S/C29H34Br2O6/c1-32-24-10-4-21(5-11-24)17-35-20-27(31)29(37-19-23-8-14-26(34-3)15-9-23)28(16-30)36-18-22-6-12-25(33-2)13-7-22/h4-15,27-29H,16-20H2,1-3H3/t27-,28-,29+/m0/s1. The predicted molar refractivity (Wildman–Crippen MR) is 152 cm³/mol. The molecule has 0 aliphatic heterocycles. The second-order valence-electron chi connectivity index (χ2n) is 8.35. The van der Waals surface area contributed by atoms with Crippen molar-refractivity contribution in [3.05, 3.63) is 89.5 Å². The summed E-state index contributed by atoms with van der Waals surface area (Å²) < 4.78 is 34.5. The zero-order chi connectivity index (χ0) is 26.5. The Balaban J connectivity index is 1.63. The lowest BCUT2D eigenvalue weighted by Crippen LogP contribution is -2.41. The van der Waals surface area contributed by atoms with Gasteiger partial charge in [-0.2, -0.15) is 0 Å². The molecule has 0 saturated heterocycles. The van der Waals surface area contributed by atoms with Gasteiger partial charge in [0.15, 0.2) is 0 Å². The van der Waals surface area contributed by atoms with Gasteiger partial charge >= 0.3 is 0 Å². The van der Waals surface area contributed by atoms with E-state index in [0.29, 0.717) is 31.8 Å². The summed E-state index contributed by atoms with van der Waals surface area (Å²) in [5.74, 6) is 2.45. The van der Waals surface area contributed by atoms with E-state index in [1.54, 1.807) is 21.3 Å². The Hall–Kier alpha value is -2.10. The van der Waals surface area contributed by atoms with Gasteiger partial charge in [0.2, 0.25) is 0 Å². The van der Waals surface area contributed by atoms with Crippen LogP contribution in [-0.4, -0.2) is 50.3 Å². The van der Waals surface area contributed by atoms with Crippen molar-refractivity contribution in [1.29, 1.82) is 0 Å². The van der Waals surface area contributed by atoms with Crippen molar-refractivity contribution in [2.24, 2.45) is 0 Å². The van der Waals surface area contributed by atoms with E-state index in [2.05, 4.69) is 31.9 Å². The zero-order valence-electron chi connectivity index (χ0n) is 21.4. The van der Waals surface area contributed by atoms with Crippen LogP contribution < -0.4 is 14.2 Å². The van der Waals surface area contributed by atoms with Gasteiger partial charge in [0.05, 0.1) is 64.8 Å². The number of halogens is 2. The number of ether oxygens (including phenoxy) is 6. The molecular formula is C29H34Br2O6. The van der Waals surface area contributed by atoms with Crippen molar-refractivity contribution < 1.29 is 28.4 Å². The van der Waals surface area contributed by atoms with Crippen LogP contribution in [0.2, 0.25) is 0 Å². The second-order valence-corrected chi connectivity index (χ2v) is 10.2. The molecule has 8 heteroatoms. The third-order valence-corrected chi connectivity index (χ3v) is 7.23. The monoisotopic (exact) mass is 636 g/mol. The van der Waals surface area contributed by atoms with Crippen LogP contribution in [0.4, 0.5) is 0 Å². The Morgan fingerprint density at radius 3 is 1.41 bits per heavy atom. The van der Waals surface area contributed by atoms with Crippen molar-refractivity contribution in [2.45, 2.75) is 36.9 Å². The van der Waals surface area contributed by atoms with E-state index in [1.807, 2.05) is 72.8 Å². The van der Waals surface area contributed by atoms with Crippen LogP contribution >= 0.6 is 31.9 Å². The molecular weight excluding hydrogens is 604 g/mol. The molecule has 0 aliphatic carbocycles. The van der Waals surface area contributed by atoms with Crippen molar-refractivity contribution in [1.82, 2.24) is 0 Å². The van der Waals surface area contributed by atoms with Crippen molar-refractivity contribution >= 4 is 31.9 Å². The molecule has 0 N–H and O–H groups in total. The highest BCUT2D eigenvalue weighted by Gasteiger charge is 2.30. The molecule has 0 heterocycles. The fourth-order valence-electron chi connectivity index (χ4n) is 3.62. The molecule has 200 valence electrons. The molecule has 0 radical (unpaired) electrons. The van der Waals surface area contributed by atoms with Gasteiger partial charge in [-0.1, -0.05) is 68.3 Å². The van der Waals surface area contributed by atoms with Gasteiger partial charge in [-0.15, -0.1) is 0 Å². The summed E-state index contributed by atoms with van der Waals surface area (Å²) in [5, 5.41) is 0.608. The minimum atomic E-state index is -0.268. The van der Waals surface area contributed by atoms with Crippen LogP contribution in [-0.2, 0) is 34.0 Å². The molecule has 3 atom stereocenters. The average molecular weight is 638 g/mol. The first-order valence-corrected chi connectivity index (χ1v) is 14.0. The third kappa shape index (κ3) is 9.61. The Morgan fingerprint density at radius 2 is 1.00 bits per heavy atom. The maximum Gasteiger partial charge on any atom is 0.118 e. The highest BCUT2D eigenvalue weighted by Crippen LogP contribution is 2.23. The molecule has 0 fully saturated rings. The highest BCUT2D eigenvalue weighted by atomic mass is 79.9. The molecule has 0 unspecified atom stereocenters. The molecule has 0 amide bonds. The average Bonchev–Trinajstić information content (AvgIpc) is 2.95. The van der Waals surface area contributed by atoms with E-state index in [9.17, 15) is 0 Å². The molecule has 0 aliphatic rings. The Kier molecular flexibility index (Phi) is 12.7. The van der Waals surface area contributed by atoms with Crippen LogP contribution in [0.25, 0.3) is 0 Å². The second kappa shape index (κ2) is 16.0. The molecule has 6 nitrogen and oxygen atoms in total. The van der Waals surface area contributed by atoms with Gasteiger partial charge in [-0.25, -0.2) is 0 Å². The summed E-state index contributed by atoms with van der Waals surface area (Å²) in [6, 6.07) is 23.6. The maximum atomic E-state index is 6.42. The summed E-state index contributed by atoms with van der Waals surface area (Å²) in [6.45, 7) is 1.83. The van der Waals surface area contributed by atoms with Gasteiger partial charge in [0.25, 0.3) is 0 Å². The quantitative estimate of drug-likeness (QED) is 0.166. The SMILES string of the molecule is COc1ccc(COC[C@H](Br)[C@@H](OCc2ccc(OC)cc2)[C@H](CBr)OCc2ccc(OC)cc2)cc1. The summed E-state index contributed by atoms with van der Waals surface area (Å²) in [4.78, 5) is -0.0950. The van der Waals surface area contributed by atoms with E-state index in [-0.39, 0.29) is 17.0 Å². The van der Waals surface area contributed by atoms with Crippen LogP contribution in [0.3, 0.4) is 0 Å². The number of hydrogen-bond acceptors (Lipinski definition) is 6. The largest absolute Gasteiger partial charge is 0.497 e. The topological polar surface area (TPSA) is 55.4 Å². The number of alkyl halides is 2.